The average Bonchev–Trinajstić information content (AvgIpc) is 3.55. The summed E-state index contributed by atoms with van der Waals surface area (Å²) in [5, 5.41) is 16.3. The summed E-state index contributed by atoms with van der Waals surface area (Å²) in [5.41, 5.74) is 2.44. The maximum atomic E-state index is 15.9. The van der Waals surface area contributed by atoms with E-state index in [1.54, 1.807) is 68.1 Å². The van der Waals surface area contributed by atoms with Crippen molar-refractivity contribution in [2.24, 2.45) is 0 Å². The van der Waals surface area contributed by atoms with Crippen LogP contribution >= 0.6 is 15.9 Å². The van der Waals surface area contributed by atoms with Crippen molar-refractivity contribution < 1.29 is 23.0 Å². The van der Waals surface area contributed by atoms with Gasteiger partial charge in [-0.15, -0.1) is 5.10 Å². The van der Waals surface area contributed by atoms with Crippen molar-refractivity contribution in [1.29, 1.82) is 0 Å². The van der Waals surface area contributed by atoms with E-state index in [9.17, 15) is 4.79 Å². The van der Waals surface area contributed by atoms with Crippen molar-refractivity contribution in [2.45, 2.75) is 32.9 Å². The van der Waals surface area contributed by atoms with E-state index in [4.69, 9.17) is 9.47 Å². The Bertz CT molecular complexity index is 1620. The van der Waals surface area contributed by atoms with Crippen molar-refractivity contribution in [3.05, 3.63) is 99.5 Å². The molecule has 0 spiro atoms. The molecule has 0 saturated carbocycles. The molecule has 0 saturated heterocycles. The Morgan fingerprint density at radius 3 is 2.52 bits per heavy atom. The normalized spacial score (nSPS) is 12.8. The second-order valence-electron chi connectivity index (χ2n) is 8.90. The third-order valence-electron chi connectivity index (χ3n) is 6.41. The first kappa shape index (κ1) is 28.8. The number of carbonyl (C=O) groups excluding carboxylic acids is 1. The number of methoxy groups -OCH3 is 2. The highest BCUT2D eigenvalue weighted by atomic mass is 79.9. The summed E-state index contributed by atoms with van der Waals surface area (Å²) in [7, 11) is 2.84. The number of rotatable bonds is 10. The maximum Gasteiger partial charge on any atom is 0.333 e. The van der Waals surface area contributed by atoms with Gasteiger partial charge in [-0.2, -0.15) is 13.9 Å². The lowest BCUT2D eigenvalue weighted by atomic mass is 10.0. The monoisotopic (exact) mass is 612 g/mol. The zero-order chi connectivity index (χ0) is 29.0. The van der Waals surface area contributed by atoms with Crippen LogP contribution < -0.4 is 4.74 Å². The second kappa shape index (κ2) is 11.9. The Morgan fingerprint density at radius 1 is 1.15 bits per heavy atom. The first-order chi connectivity index (χ1) is 19.1. The summed E-state index contributed by atoms with van der Waals surface area (Å²) in [4.78, 5) is 12.3. The molecule has 0 amide bonds. The number of esters is 1. The molecule has 0 radical (unpaired) electrons. The number of alkyl halides is 2. The summed E-state index contributed by atoms with van der Waals surface area (Å²) in [6.07, 6.45) is 3.25. The van der Waals surface area contributed by atoms with Gasteiger partial charge in [-0.05, 0) is 59.7 Å². The maximum absolute atomic E-state index is 15.9. The number of benzene rings is 2. The van der Waals surface area contributed by atoms with Gasteiger partial charge in [0.25, 0.3) is 0 Å². The number of nitrogens with zero attached hydrogens (tertiary/aromatic N) is 6. The van der Waals surface area contributed by atoms with Crippen LogP contribution in [0.1, 0.15) is 29.6 Å². The summed E-state index contributed by atoms with van der Waals surface area (Å²) in [5.74, 6) is -3.98. The number of ether oxygens (including phenoxy) is 2. The Labute approximate surface area is 237 Å². The molecule has 4 aromatic rings. The average molecular weight is 613 g/mol. The molecule has 0 unspecified atom stereocenters. The highest BCUT2D eigenvalue weighted by Gasteiger charge is 2.40. The van der Waals surface area contributed by atoms with Gasteiger partial charge in [0.1, 0.15) is 5.75 Å². The van der Waals surface area contributed by atoms with Crippen molar-refractivity contribution in [3.8, 4) is 5.75 Å². The molecule has 2 heterocycles. The Balaban J connectivity index is 1.75. The molecule has 208 valence electrons. The number of carbonyl (C=O) groups is 1. The molecule has 0 aliphatic heterocycles. The molecule has 9 nitrogen and oxygen atoms in total. The highest BCUT2D eigenvalue weighted by molar-refractivity contribution is 9.12. The number of halogens is 3. The smallest absolute Gasteiger partial charge is 0.333 e. The van der Waals surface area contributed by atoms with E-state index < -0.39 is 17.7 Å². The highest BCUT2D eigenvalue weighted by Crippen LogP contribution is 2.36. The van der Waals surface area contributed by atoms with Crippen molar-refractivity contribution in [1.82, 2.24) is 30.0 Å². The fraction of sp³-hybridized carbons (Fsp3) is 0.250. The zero-order valence-electron chi connectivity index (χ0n) is 22.4. The zero-order valence-corrected chi connectivity index (χ0v) is 23.9. The lowest BCUT2D eigenvalue weighted by molar-refractivity contribution is -0.136. The van der Waals surface area contributed by atoms with Gasteiger partial charge in [-0.1, -0.05) is 52.9 Å². The van der Waals surface area contributed by atoms with E-state index in [0.717, 1.165) is 10.2 Å². The van der Waals surface area contributed by atoms with E-state index in [0.29, 0.717) is 38.0 Å². The number of aryl methyl sites for hydroxylation is 1. The van der Waals surface area contributed by atoms with Crippen LogP contribution in [0.3, 0.4) is 0 Å². The van der Waals surface area contributed by atoms with Gasteiger partial charge < -0.3 is 9.47 Å². The van der Waals surface area contributed by atoms with Gasteiger partial charge in [0.05, 0.1) is 38.5 Å². The number of fused-ring (bicyclic) bond motifs is 1. The summed E-state index contributed by atoms with van der Waals surface area (Å²) in [6.45, 7) is 7.27. The van der Waals surface area contributed by atoms with Crippen LogP contribution in [0.15, 0.2) is 76.8 Å². The molecule has 0 atom stereocenters. The van der Waals surface area contributed by atoms with Crippen molar-refractivity contribution >= 4 is 32.8 Å². The molecule has 0 bridgehead atoms. The van der Waals surface area contributed by atoms with Gasteiger partial charge >= 0.3 is 11.9 Å². The standard InChI is InChI=1S/C28H27BrF2N6O3/c1-6-7-24(29)23(17(2)26(38)40-5)16-36-25-14-20(10-13-22(25)18(3)33-36)28(30,31)27-32-34-35-37(27)15-19-8-11-21(39-4)12-9-19/h6-14H,1,15-16H2,2-5H3/b23-17+,24-7+. The molecule has 2 aromatic carbocycles. The minimum atomic E-state index is -3.52. The third-order valence-corrected chi connectivity index (χ3v) is 7.15. The Hall–Kier alpha value is -4.19. The molecule has 12 heteroatoms. The van der Waals surface area contributed by atoms with Crippen LogP contribution in [-0.4, -0.2) is 50.2 Å². The van der Waals surface area contributed by atoms with E-state index in [1.807, 2.05) is 0 Å². The van der Waals surface area contributed by atoms with Crippen molar-refractivity contribution in [3.63, 3.8) is 0 Å². The molecule has 2 aromatic heterocycles. The minimum absolute atomic E-state index is 0.0474. The number of aromatic nitrogens is 6. The fourth-order valence-electron chi connectivity index (χ4n) is 4.23. The topological polar surface area (TPSA) is 97.0 Å². The quantitative estimate of drug-likeness (QED) is 0.133. The van der Waals surface area contributed by atoms with E-state index in [2.05, 4.69) is 43.1 Å². The molecule has 4 rings (SSSR count). The number of tetrazole rings is 1. The molecular weight excluding hydrogens is 586 g/mol. The van der Waals surface area contributed by atoms with Gasteiger partial charge in [0.2, 0.25) is 5.82 Å². The van der Waals surface area contributed by atoms with Crippen LogP contribution in [-0.2, 0) is 28.5 Å². The fourth-order valence-corrected chi connectivity index (χ4v) is 4.84. The molecular formula is C28H27BrF2N6O3. The van der Waals surface area contributed by atoms with Gasteiger partial charge in [-0.3, -0.25) is 4.68 Å². The van der Waals surface area contributed by atoms with Crippen LogP contribution in [0.2, 0.25) is 0 Å². The van der Waals surface area contributed by atoms with E-state index in [1.165, 1.54) is 19.2 Å². The van der Waals surface area contributed by atoms with Crippen LogP contribution in [0.5, 0.6) is 5.75 Å². The van der Waals surface area contributed by atoms with E-state index in [-0.39, 0.29) is 18.7 Å². The number of hydrogen-bond donors (Lipinski definition) is 0. The lowest BCUT2D eigenvalue weighted by Crippen LogP contribution is -2.23. The van der Waals surface area contributed by atoms with Crippen molar-refractivity contribution in [2.75, 3.05) is 14.2 Å². The predicted octanol–water partition coefficient (Wildman–Crippen LogP) is 5.48. The SMILES string of the molecule is C=C/C=C(Br)\C(Cn1nc(C)c2ccc(C(F)(F)c3nnnn3Cc3ccc(OC)cc3)cc21)=C(/C)C(=O)OC. The van der Waals surface area contributed by atoms with Crippen LogP contribution in [0, 0.1) is 6.92 Å². The summed E-state index contributed by atoms with van der Waals surface area (Å²) < 4.78 is 45.1. The lowest BCUT2D eigenvalue weighted by Gasteiger charge is -2.17. The summed E-state index contributed by atoms with van der Waals surface area (Å²) in [6, 6.07) is 11.3. The molecule has 0 aliphatic rings. The van der Waals surface area contributed by atoms with Gasteiger partial charge in [0.15, 0.2) is 0 Å². The Morgan fingerprint density at radius 2 is 1.88 bits per heavy atom. The first-order valence-electron chi connectivity index (χ1n) is 12.1. The molecule has 40 heavy (non-hydrogen) atoms. The predicted molar refractivity (Wildman–Crippen MR) is 149 cm³/mol. The molecule has 0 fully saturated rings. The Kier molecular flexibility index (Phi) is 8.58. The summed E-state index contributed by atoms with van der Waals surface area (Å²) >= 11 is 3.48. The van der Waals surface area contributed by atoms with E-state index >= 15 is 8.78 Å². The number of allylic oxidation sites excluding steroid dienone is 4. The third kappa shape index (κ3) is 5.71. The first-order valence-corrected chi connectivity index (χ1v) is 12.9. The largest absolute Gasteiger partial charge is 0.497 e. The molecule has 0 aliphatic carbocycles. The van der Waals surface area contributed by atoms with Gasteiger partial charge in [-0.25, -0.2) is 9.48 Å². The molecule has 0 N–H and O–H groups in total. The van der Waals surface area contributed by atoms with Crippen LogP contribution in [0.4, 0.5) is 8.78 Å². The van der Waals surface area contributed by atoms with Crippen LogP contribution in [0.25, 0.3) is 10.9 Å². The number of hydrogen-bond acceptors (Lipinski definition) is 7. The van der Waals surface area contributed by atoms with Gasteiger partial charge in [0, 0.05) is 21.0 Å². The second-order valence-corrected chi connectivity index (χ2v) is 9.76. The minimum Gasteiger partial charge on any atom is -0.497 e.